The first-order valence-corrected chi connectivity index (χ1v) is 11.6. The van der Waals surface area contributed by atoms with Gasteiger partial charge in [-0.1, -0.05) is 25.5 Å². The maximum Gasteiger partial charge on any atom is 0.177 e. The maximum absolute atomic E-state index is 11.4. The molecule has 0 bridgehead atoms. The third-order valence-electron chi connectivity index (χ3n) is 4.89. The summed E-state index contributed by atoms with van der Waals surface area (Å²) in [5, 5.41) is 9.51. The standard InChI is InChI=1S/C20H23ClN2O3S2/c1-2-15(9-10-21)19(17-7-8-18(27-17)28(25)26)20-22-11-12-23(20)13-14-3-5-16(24)6-4-14/h3-8,11-12,15,19,24,28H,2,9-10,13H2,1H3. The van der Waals surface area contributed by atoms with Gasteiger partial charge in [-0.3, -0.25) is 0 Å². The van der Waals surface area contributed by atoms with Crippen LogP contribution in [-0.2, 0) is 17.2 Å². The number of benzene rings is 1. The number of imidazole rings is 1. The van der Waals surface area contributed by atoms with E-state index in [1.165, 1.54) is 11.3 Å². The number of rotatable bonds is 9. The van der Waals surface area contributed by atoms with E-state index in [2.05, 4.69) is 16.5 Å². The third kappa shape index (κ3) is 4.77. The Bertz CT molecular complexity index is 972. The van der Waals surface area contributed by atoms with Gasteiger partial charge < -0.3 is 9.67 Å². The van der Waals surface area contributed by atoms with E-state index in [-0.39, 0.29) is 17.6 Å². The lowest BCUT2D eigenvalue weighted by molar-refractivity contribution is 0.421. The number of aromatic nitrogens is 2. The Morgan fingerprint density at radius 3 is 2.57 bits per heavy atom. The lowest BCUT2D eigenvalue weighted by Crippen LogP contribution is -2.19. The van der Waals surface area contributed by atoms with Gasteiger partial charge in [-0.2, -0.15) is 0 Å². The van der Waals surface area contributed by atoms with Crippen molar-refractivity contribution in [3.8, 4) is 5.75 Å². The van der Waals surface area contributed by atoms with Gasteiger partial charge in [0.1, 0.15) is 15.8 Å². The molecule has 0 spiro atoms. The zero-order chi connectivity index (χ0) is 20.1. The molecule has 0 saturated heterocycles. The molecule has 8 heteroatoms. The highest BCUT2D eigenvalue weighted by atomic mass is 35.5. The van der Waals surface area contributed by atoms with E-state index in [4.69, 9.17) is 11.6 Å². The van der Waals surface area contributed by atoms with Crippen molar-refractivity contribution in [1.29, 1.82) is 0 Å². The summed E-state index contributed by atoms with van der Waals surface area (Å²) < 4.78 is 25.3. The number of thiol groups is 1. The predicted octanol–water partition coefficient (Wildman–Crippen LogP) is 4.46. The van der Waals surface area contributed by atoms with Gasteiger partial charge in [-0.15, -0.1) is 22.9 Å². The zero-order valence-corrected chi connectivity index (χ0v) is 18.0. The molecule has 0 aliphatic heterocycles. The highest BCUT2D eigenvalue weighted by molar-refractivity contribution is 7.75. The van der Waals surface area contributed by atoms with Crippen molar-refractivity contribution < 1.29 is 13.5 Å². The highest BCUT2D eigenvalue weighted by Gasteiger charge is 2.29. The Hall–Kier alpha value is -1.83. The van der Waals surface area contributed by atoms with Crippen LogP contribution in [0.3, 0.4) is 0 Å². The number of thiophene rings is 1. The molecular weight excluding hydrogens is 416 g/mol. The van der Waals surface area contributed by atoms with Gasteiger partial charge in [0.2, 0.25) is 0 Å². The molecule has 2 aromatic heterocycles. The largest absolute Gasteiger partial charge is 0.508 e. The smallest absolute Gasteiger partial charge is 0.177 e. The Morgan fingerprint density at radius 1 is 1.21 bits per heavy atom. The van der Waals surface area contributed by atoms with Crippen molar-refractivity contribution in [2.45, 2.75) is 36.4 Å². The van der Waals surface area contributed by atoms with Gasteiger partial charge in [0.15, 0.2) is 10.7 Å². The summed E-state index contributed by atoms with van der Waals surface area (Å²) in [6, 6.07) is 10.7. The number of phenolic OH excluding ortho intramolecular Hbond substituents is 1. The molecule has 5 nitrogen and oxygen atoms in total. The predicted molar refractivity (Wildman–Crippen MR) is 113 cm³/mol. The van der Waals surface area contributed by atoms with Crippen LogP contribution < -0.4 is 0 Å². The first-order valence-electron chi connectivity index (χ1n) is 9.12. The number of nitrogens with zero attached hydrogens (tertiary/aromatic N) is 2. The number of hydrogen-bond donors (Lipinski definition) is 2. The third-order valence-corrected chi connectivity index (χ3v) is 7.31. The molecule has 0 amide bonds. The summed E-state index contributed by atoms with van der Waals surface area (Å²) in [6.07, 6.45) is 5.45. The van der Waals surface area contributed by atoms with E-state index in [0.717, 1.165) is 29.1 Å². The lowest BCUT2D eigenvalue weighted by atomic mass is 9.86. The Balaban J connectivity index is 2.00. The summed E-state index contributed by atoms with van der Waals surface area (Å²) in [6.45, 7) is 2.75. The topological polar surface area (TPSA) is 72.2 Å². The normalized spacial score (nSPS) is 13.7. The van der Waals surface area contributed by atoms with E-state index in [1.807, 2.05) is 24.4 Å². The van der Waals surface area contributed by atoms with E-state index in [0.29, 0.717) is 16.6 Å². The summed E-state index contributed by atoms with van der Waals surface area (Å²) in [7, 11) is -2.60. The molecule has 2 atom stereocenters. The lowest BCUT2D eigenvalue weighted by Gasteiger charge is -2.25. The fourth-order valence-electron chi connectivity index (χ4n) is 3.46. The summed E-state index contributed by atoms with van der Waals surface area (Å²) in [4.78, 5) is 5.63. The second kappa shape index (κ2) is 9.58. The molecular formula is C20H23ClN2O3S2. The molecule has 28 heavy (non-hydrogen) atoms. The summed E-state index contributed by atoms with van der Waals surface area (Å²) in [5.41, 5.74) is 1.05. The highest BCUT2D eigenvalue weighted by Crippen LogP contribution is 2.39. The minimum absolute atomic E-state index is 0.0236. The van der Waals surface area contributed by atoms with E-state index < -0.39 is 10.7 Å². The second-order valence-electron chi connectivity index (χ2n) is 6.64. The molecule has 0 aliphatic rings. The monoisotopic (exact) mass is 438 g/mol. The second-order valence-corrected chi connectivity index (χ2v) is 9.43. The van der Waals surface area contributed by atoms with Crippen LogP contribution >= 0.6 is 22.9 Å². The van der Waals surface area contributed by atoms with E-state index >= 15 is 0 Å². The molecule has 2 heterocycles. The fraction of sp³-hybridized carbons (Fsp3) is 0.350. The maximum atomic E-state index is 11.4. The first-order chi connectivity index (χ1) is 13.5. The Morgan fingerprint density at radius 2 is 1.96 bits per heavy atom. The van der Waals surface area contributed by atoms with Crippen molar-refractivity contribution in [3.63, 3.8) is 0 Å². The van der Waals surface area contributed by atoms with Gasteiger partial charge in [0.25, 0.3) is 0 Å². The van der Waals surface area contributed by atoms with E-state index in [1.54, 1.807) is 24.4 Å². The molecule has 150 valence electrons. The molecule has 1 N–H and O–H groups in total. The van der Waals surface area contributed by atoms with Crippen LogP contribution in [-0.4, -0.2) is 29.0 Å². The van der Waals surface area contributed by atoms with Crippen LogP contribution in [0, 0.1) is 5.92 Å². The van der Waals surface area contributed by atoms with Crippen LogP contribution in [0.25, 0.3) is 0 Å². The van der Waals surface area contributed by atoms with E-state index in [9.17, 15) is 13.5 Å². The van der Waals surface area contributed by atoms with Crippen LogP contribution in [0.5, 0.6) is 5.75 Å². The Labute approximate surface area is 175 Å². The number of alkyl halides is 1. The number of hydrogen-bond acceptors (Lipinski definition) is 5. The molecule has 0 saturated carbocycles. The molecule has 3 aromatic rings. The molecule has 0 radical (unpaired) electrons. The van der Waals surface area contributed by atoms with Gasteiger partial charge in [-0.05, 0) is 42.2 Å². The number of halogens is 1. The average molecular weight is 439 g/mol. The van der Waals surface area contributed by atoms with Crippen molar-refractivity contribution in [2.75, 3.05) is 5.88 Å². The minimum Gasteiger partial charge on any atom is -0.508 e. The number of aromatic hydroxyl groups is 1. The van der Waals surface area contributed by atoms with Crippen LogP contribution in [0.15, 0.2) is 53.0 Å². The van der Waals surface area contributed by atoms with Gasteiger partial charge >= 0.3 is 0 Å². The fourth-order valence-corrected chi connectivity index (χ4v) is 5.49. The zero-order valence-electron chi connectivity index (χ0n) is 15.5. The van der Waals surface area contributed by atoms with Crippen molar-refractivity contribution in [3.05, 3.63) is 65.1 Å². The SMILES string of the molecule is CCC(CCCl)C(c1ccc([SH](=O)=O)s1)c1nccn1Cc1ccc(O)cc1. The van der Waals surface area contributed by atoms with Gasteiger partial charge in [-0.25, -0.2) is 13.4 Å². The van der Waals surface area contributed by atoms with Crippen molar-refractivity contribution >= 4 is 33.6 Å². The van der Waals surface area contributed by atoms with Crippen molar-refractivity contribution in [2.24, 2.45) is 5.92 Å². The molecule has 3 rings (SSSR count). The average Bonchev–Trinajstić information content (AvgIpc) is 3.34. The quantitative estimate of drug-likeness (QED) is 0.382. The molecule has 2 unspecified atom stereocenters. The molecule has 1 aromatic carbocycles. The minimum atomic E-state index is -2.60. The summed E-state index contributed by atoms with van der Waals surface area (Å²) in [5.74, 6) is 1.92. The molecule has 0 fully saturated rings. The van der Waals surface area contributed by atoms with Crippen LogP contribution in [0.2, 0.25) is 0 Å². The Kier molecular flexibility index (Phi) is 7.15. The van der Waals surface area contributed by atoms with Crippen LogP contribution in [0.4, 0.5) is 0 Å². The number of phenols is 1. The first kappa shape index (κ1) is 20.9. The van der Waals surface area contributed by atoms with Crippen molar-refractivity contribution in [1.82, 2.24) is 9.55 Å². The van der Waals surface area contributed by atoms with Gasteiger partial charge in [0, 0.05) is 29.7 Å². The van der Waals surface area contributed by atoms with Crippen LogP contribution in [0.1, 0.15) is 41.9 Å². The van der Waals surface area contributed by atoms with Gasteiger partial charge in [0.05, 0.1) is 5.92 Å². The summed E-state index contributed by atoms with van der Waals surface area (Å²) >= 11 is 7.37. The molecule has 0 aliphatic carbocycles.